The second-order valence-electron chi connectivity index (χ2n) is 6.59. The van der Waals surface area contributed by atoms with Crippen LogP contribution in [0.15, 0.2) is 35.9 Å². The van der Waals surface area contributed by atoms with E-state index >= 15 is 0 Å². The zero-order chi connectivity index (χ0) is 19.2. The number of anilines is 1. The molecule has 0 radical (unpaired) electrons. The first-order chi connectivity index (χ1) is 11.9. The number of piperidine rings is 1. The first-order valence-corrected chi connectivity index (χ1v) is 9.07. The lowest BCUT2D eigenvalue weighted by Crippen LogP contribution is -2.32. The number of nitrogens with zero attached hydrogens (tertiary/aromatic N) is 1. The highest BCUT2D eigenvalue weighted by atomic mass is 16.1. The number of aromatic amines is 1. The van der Waals surface area contributed by atoms with E-state index in [4.69, 9.17) is 5.84 Å². The Morgan fingerprint density at radius 3 is 2.32 bits per heavy atom. The fourth-order valence-corrected chi connectivity index (χ4v) is 2.83. The van der Waals surface area contributed by atoms with Gasteiger partial charge >= 0.3 is 0 Å². The molecule has 6 heteroatoms. The Morgan fingerprint density at radius 1 is 1.36 bits per heavy atom. The van der Waals surface area contributed by atoms with Gasteiger partial charge in [0.25, 0.3) is 0 Å². The molecule has 1 fully saturated rings. The van der Waals surface area contributed by atoms with Crippen LogP contribution in [0.25, 0.3) is 0 Å². The Bertz CT molecular complexity index is 488. The van der Waals surface area contributed by atoms with Gasteiger partial charge in [-0.1, -0.05) is 33.8 Å². The van der Waals surface area contributed by atoms with E-state index in [1.807, 2.05) is 0 Å². The van der Waals surface area contributed by atoms with Gasteiger partial charge in [0.05, 0.1) is 5.69 Å². The summed E-state index contributed by atoms with van der Waals surface area (Å²) >= 11 is 0. The molecule has 1 aromatic rings. The number of nitrogens with one attached hydrogen (secondary N) is 2. The second kappa shape index (κ2) is 13.5. The van der Waals surface area contributed by atoms with Crippen molar-refractivity contribution in [3.8, 4) is 0 Å². The molecule has 0 bridgehead atoms. The maximum Gasteiger partial charge on any atom is 0.248 e. The van der Waals surface area contributed by atoms with Crippen LogP contribution in [0.3, 0.4) is 0 Å². The lowest BCUT2D eigenvalue weighted by atomic mass is 9.78. The number of hydrazine groups is 1. The minimum Gasteiger partial charge on any atom is -0.405 e. The van der Waals surface area contributed by atoms with E-state index in [1.165, 1.54) is 49.6 Å². The van der Waals surface area contributed by atoms with E-state index in [2.05, 4.69) is 43.4 Å². The lowest BCUT2D eigenvalue weighted by molar-refractivity contribution is 0.208. The molecule has 2 heterocycles. The van der Waals surface area contributed by atoms with Gasteiger partial charge in [-0.15, -0.1) is 0 Å². The van der Waals surface area contributed by atoms with Gasteiger partial charge in [-0.2, -0.15) is 0 Å². The number of pyridine rings is 1. The summed E-state index contributed by atoms with van der Waals surface area (Å²) in [6.07, 6.45) is 6.93. The first kappa shape index (κ1) is 23.2. The molecule has 1 aliphatic heterocycles. The average molecular weight is 352 g/mol. The summed E-state index contributed by atoms with van der Waals surface area (Å²) in [7, 11) is 1.70. The summed E-state index contributed by atoms with van der Waals surface area (Å²) in [6, 6.07) is 3.08. The van der Waals surface area contributed by atoms with Crippen molar-refractivity contribution in [3.05, 3.63) is 41.5 Å². The van der Waals surface area contributed by atoms with E-state index < -0.39 is 0 Å². The number of nitrogens with two attached hydrogens (primary N) is 2. The van der Waals surface area contributed by atoms with Crippen molar-refractivity contribution in [2.75, 3.05) is 25.1 Å². The minimum absolute atomic E-state index is 0.120. The Balaban J connectivity index is 0.000000403. The molecule has 2 atom stereocenters. The van der Waals surface area contributed by atoms with Crippen molar-refractivity contribution in [1.82, 2.24) is 10.3 Å². The smallest absolute Gasteiger partial charge is 0.248 e. The maximum absolute atomic E-state index is 10.5. The monoisotopic (exact) mass is 351 g/mol. The Morgan fingerprint density at radius 2 is 1.92 bits per heavy atom. The fourth-order valence-electron chi connectivity index (χ4n) is 2.83. The van der Waals surface area contributed by atoms with Gasteiger partial charge in [0.15, 0.2) is 0 Å². The Kier molecular flexibility index (Phi) is 12.5. The van der Waals surface area contributed by atoms with Crippen molar-refractivity contribution in [2.45, 2.75) is 40.0 Å². The maximum atomic E-state index is 10.5. The van der Waals surface area contributed by atoms with Gasteiger partial charge in [0, 0.05) is 19.3 Å². The van der Waals surface area contributed by atoms with E-state index in [-0.39, 0.29) is 5.56 Å². The van der Waals surface area contributed by atoms with Gasteiger partial charge in [-0.05, 0) is 56.0 Å². The van der Waals surface area contributed by atoms with Crippen LogP contribution in [-0.4, -0.2) is 25.1 Å². The molecule has 6 N–H and O–H groups in total. The summed E-state index contributed by atoms with van der Waals surface area (Å²) in [6.45, 7) is 12.8. The first-order valence-electron chi connectivity index (χ1n) is 9.07. The molecule has 25 heavy (non-hydrogen) atoms. The summed E-state index contributed by atoms with van der Waals surface area (Å²) < 4.78 is 0. The number of hydrogen-bond acceptors (Lipinski definition) is 5. The van der Waals surface area contributed by atoms with Crippen LogP contribution in [0.5, 0.6) is 0 Å². The van der Waals surface area contributed by atoms with Crippen LogP contribution in [0, 0.1) is 17.8 Å². The highest BCUT2D eigenvalue weighted by Gasteiger charge is 2.22. The predicted octanol–water partition coefficient (Wildman–Crippen LogP) is 2.44. The van der Waals surface area contributed by atoms with Crippen LogP contribution >= 0.6 is 0 Å². The van der Waals surface area contributed by atoms with Gasteiger partial charge in [0.1, 0.15) is 0 Å². The van der Waals surface area contributed by atoms with Crippen molar-refractivity contribution in [3.63, 3.8) is 0 Å². The van der Waals surface area contributed by atoms with E-state index in [9.17, 15) is 4.79 Å². The van der Waals surface area contributed by atoms with Gasteiger partial charge in [0.2, 0.25) is 5.56 Å². The number of rotatable bonds is 4. The third-order valence-corrected chi connectivity index (χ3v) is 4.84. The zero-order valence-electron chi connectivity index (χ0n) is 16.3. The molecule has 0 amide bonds. The summed E-state index contributed by atoms with van der Waals surface area (Å²) in [5.74, 6) is 8.20. The molecule has 0 aromatic carbocycles. The van der Waals surface area contributed by atoms with E-state index in [1.54, 1.807) is 19.3 Å². The Hall–Kier alpha value is -1.79. The quantitative estimate of drug-likeness (QED) is 0.493. The van der Waals surface area contributed by atoms with Crippen LogP contribution < -0.4 is 27.5 Å². The molecule has 0 spiro atoms. The molecular weight excluding hydrogens is 314 g/mol. The highest BCUT2D eigenvalue weighted by Crippen LogP contribution is 2.29. The third kappa shape index (κ3) is 9.94. The lowest BCUT2D eigenvalue weighted by Gasteiger charge is -2.31. The SMILES string of the molecule is C=CN.CC[C@H](C)[C@H](C)C1CCNCC1.CN(N)c1ccc(=O)[nH]c1. The van der Waals surface area contributed by atoms with Crippen molar-refractivity contribution < 1.29 is 0 Å². The molecule has 1 aromatic heterocycles. The molecule has 2 rings (SSSR count). The Labute approximate surface area is 152 Å². The van der Waals surface area contributed by atoms with Crippen LogP contribution in [0.1, 0.15) is 40.0 Å². The summed E-state index contributed by atoms with van der Waals surface area (Å²) in [4.78, 5) is 13.0. The fraction of sp³-hybridized carbons (Fsp3) is 0.632. The average Bonchev–Trinajstić information content (AvgIpc) is 2.62. The minimum atomic E-state index is -0.120. The van der Waals surface area contributed by atoms with Gasteiger partial charge in [-0.3, -0.25) is 4.79 Å². The number of hydrogen-bond donors (Lipinski definition) is 4. The number of aromatic nitrogens is 1. The number of H-pyrrole nitrogens is 1. The predicted molar refractivity (Wildman–Crippen MR) is 108 cm³/mol. The van der Waals surface area contributed by atoms with Crippen LogP contribution in [0.4, 0.5) is 5.69 Å². The molecule has 1 saturated heterocycles. The molecule has 0 unspecified atom stereocenters. The normalized spacial score (nSPS) is 16.4. The van der Waals surface area contributed by atoms with Crippen molar-refractivity contribution in [2.24, 2.45) is 29.3 Å². The standard InChI is InChI=1S/C11H23N.C6H9N3O.C2H5N/c1-4-9(2)10(3)11-5-7-12-8-6-11;1-9(7)5-2-3-6(10)8-4-5;1-2-3/h9-12H,4-8H2,1-3H3;2-4H,7H2,1H3,(H,8,10);2H,1,3H2/t9-,10-;;/m0../s1. The molecule has 0 saturated carbocycles. The molecule has 144 valence electrons. The topological polar surface area (TPSA) is 100 Å². The van der Waals surface area contributed by atoms with Crippen molar-refractivity contribution in [1.29, 1.82) is 0 Å². The van der Waals surface area contributed by atoms with Gasteiger partial charge < -0.3 is 21.0 Å². The van der Waals surface area contributed by atoms with E-state index in [0.29, 0.717) is 0 Å². The highest BCUT2D eigenvalue weighted by molar-refractivity contribution is 5.40. The van der Waals surface area contributed by atoms with Crippen LogP contribution in [0.2, 0.25) is 0 Å². The van der Waals surface area contributed by atoms with Crippen molar-refractivity contribution >= 4 is 5.69 Å². The molecular formula is C19H37N5O. The molecule has 1 aliphatic rings. The molecule has 0 aliphatic carbocycles. The summed E-state index contributed by atoms with van der Waals surface area (Å²) in [5, 5.41) is 4.85. The van der Waals surface area contributed by atoms with Gasteiger partial charge in [-0.25, -0.2) is 5.84 Å². The third-order valence-electron chi connectivity index (χ3n) is 4.84. The molecule has 6 nitrogen and oxygen atoms in total. The largest absolute Gasteiger partial charge is 0.405 e. The van der Waals surface area contributed by atoms with E-state index in [0.717, 1.165) is 23.4 Å². The second-order valence-corrected chi connectivity index (χ2v) is 6.59. The zero-order valence-corrected chi connectivity index (χ0v) is 16.3. The summed E-state index contributed by atoms with van der Waals surface area (Å²) in [5.41, 5.74) is 5.27. The van der Waals surface area contributed by atoms with Crippen LogP contribution in [-0.2, 0) is 0 Å².